The first-order valence-electron chi connectivity index (χ1n) is 5.49. The number of rotatable bonds is 0. The molecular formula is C11H17NO. The third kappa shape index (κ3) is 1.01. The van der Waals surface area contributed by atoms with E-state index in [2.05, 4.69) is 11.9 Å². The van der Waals surface area contributed by atoms with E-state index in [1.807, 2.05) is 0 Å². The lowest BCUT2D eigenvalue weighted by atomic mass is 9.77. The van der Waals surface area contributed by atoms with Crippen molar-refractivity contribution in [1.82, 2.24) is 4.90 Å². The standard InChI is InChI=1S/C11H17NO/c1-12-10-5-9(13)6-11(12)8-3-2-7(10)4-8/h7-8,10-11H,2-6H2,1H3/t7-,8-,10-,11-/m0/s1. The predicted octanol–water partition coefficient (Wildman–Crippen LogP) is 1.45. The Morgan fingerprint density at radius 3 is 2.23 bits per heavy atom. The summed E-state index contributed by atoms with van der Waals surface area (Å²) in [6.07, 6.45) is 5.84. The minimum Gasteiger partial charge on any atom is -0.300 e. The van der Waals surface area contributed by atoms with Crippen LogP contribution in [0.4, 0.5) is 0 Å². The van der Waals surface area contributed by atoms with E-state index in [0.29, 0.717) is 17.9 Å². The molecule has 3 aliphatic rings. The van der Waals surface area contributed by atoms with Gasteiger partial charge in [-0.15, -0.1) is 0 Å². The van der Waals surface area contributed by atoms with E-state index >= 15 is 0 Å². The first kappa shape index (κ1) is 7.98. The van der Waals surface area contributed by atoms with Crippen LogP contribution in [0.1, 0.15) is 32.1 Å². The second-order valence-electron chi connectivity index (χ2n) is 5.08. The molecule has 1 aliphatic carbocycles. The fourth-order valence-electron chi connectivity index (χ4n) is 3.83. The number of hydrogen-bond acceptors (Lipinski definition) is 2. The zero-order chi connectivity index (χ0) is 9.00. The third-order valence-corrected chi connectivity index (χ3v) is 4.52. The summed E-state index contributed by atoms with van der Waals surface area (Å²) in [5.41, 5.74) is 0. The molecule has 4 atom stereocenters. The van der Waals surface area contributed by atoms with Crippen molar-refractivity contribution in [3.63, 3.8) is 0 Å². The summed E-state index contributed by atoms with van der Waals surface area (Å²) in [5.74, 6) is 2.20. The Hall–Kier alpha value is -0.370. The van der Waals surface area contributed by atoms with E-state index in [-0.39, 0.29) is 0 Å². The Bertz CT molecular complexity index is 228. The molecule has 2 heterocycles. The number of ketones is 1. The van der Waals surface area contributed by atoms with Crippen LogP contribution in [0.2, 0.25) is 0 Å². The number of fused-ring (bicyclic) bond motifs is 6. The smallest absolute Gasteiger partial charge is 0.136 e. The summed E-state index contributed by atoms with van der Waals surface area (Å²) in [7, 11) is 2.23. The molecule has 1 saturated carbocycles. The Morgan fingerprint density at radius 1 is 1.15 bits per heavy atom. The van der Waals surface area contributed by atoms with Gasteiger partial charge in [0, 0.05) is 24.9 Å². The number of Topliss-reactive ketones (excluding diaryl/α,β-unsaturated/α-hetero) is 1. The van der Waals surface area contributed by atoms with Crippen LogP contribution in [0.3, 0.4) is 0 Å². The lowest BCUT2D eigenvalue weighted by molar-refractivity contribution is -0.128. The van der Waals surface area contributed by atoms with Crippen LogP contribution < -0.4 is 0 Å². The number of piperidine rings is 2. The highest BCUT2D eigenvalue weighted by atomic mass is 16.1. The molecular weight excluding hydrogens is 162 g/mol. The van der Waals surface area contributed by atoms with Crippen molar-refractivity contribution in [3.8, 4) is 0 Å². The Balaban J connectivity index is 1.95. The SMILES string of the molecule is CN1[C@H]2CC(=O)C[C@H]1[C@H]1CC[C@H]2C1. The summed E-state index contributed by atoms with van der Waals surface area (Å²) in [4.78, 5) is 14.0. The Kier molecular flexibility index (Phi) is 1.58. The summed E-state index contributed by atoms with van der Waals surface area (Å²) in [6.45, 7) is 0. The first-order valence-corrected chi connectivity index (χ1v) is 5.49. The number of hydrogen-bond donors (Lipinski definition) is 0. The molecule has 0 aromatic carbocycles. The molecule has 2 nitrogen and oxygen atoms in total. The molecule has 13 heavy (non-hydrogen) atoms. The van der Waals surface area contributed by atoms with Crippen LogP contribution >= 0.6 is 0 Å². The molecule has 0 radical (unpaired) electrons. The Labute approximate surface area is 79.3 Å². The van der Waals surface area contributed by atoms with Crippen LogP contribution in [0.25, 0.3) is 0 Å². The molecule has 0 spiro atoms. The van der Waals surface area contributed by atoms with Crippen molar-refractivity contribution in [2.24, 2.45) is 11.8 Å². The van der Waals surface area contributed by atoms with E-state index < -0.39 is 0 Å². The van der Waals surface area contributed by atoms with E-state index in [4.69, 9.17) is 0 Å². The van der Waals surface area contributed by atoms with Crippen LogP contribution in [0.15, 0.2) is 0 Å². The molecule has 2 heteroatoms. The van der Waals surface area contributed by atoms with Gasteiger partial charge in [-0.2, -0.15) is 0 Å². The van der Waals surface area contributed by atoms with Crippen molar-refractivity contribution >= 4 is 5.78 Å². The topological polar surface area (TPSA) is 20.3 Å². The summed E-state index contributed by atoms with van der Waals surface area (Å²) in [6, 6.07) is 1.20. The highest BCUT2D eigenvalue weighted by Gasteiger charge is 2.48. The summed E-state index contributed by atoms with van der Waals surface area (Å²) in [5, 5.41) is 0. The van der Waals surface area contributed by atoms with Gasteiger partial charge in [-0.3, -0.25) is 9.69 Å². The molecule has 3 fully saturated rings. The lowest BCUT2D eigenvalue weighted by Gasteiger charge is -2.47. The van der Waals surface area contributed by atoms with Gasteiger partial charge in [-0.1, -0.05) is 0 Å². The number of carbonyl (C=O) groups excluding carboxylic acids is 1. The van der Waals surface area contributed by atoms with Gasteiger partial charge in [0.25, 0.3) is 0 Å². The van der Waals surface area contributed by atoms with Crippen LogP contribution in [-0.4, -0.2) is 29.8 Å². The maximum atomic E-state index is 11.5. The molecule has 0 aromatic heterocycles. The van der Waals surface area contributed by atoms with Crippen molar-refractivity contribution in [3.05, 3.63) is 0 Å². The van der Waals surface area contributed by atoms with Gasteiger partial charge < -0.3 is 0 Å². The third-order valence-electron chi connectivity index (χ3n) is 4.52. The average molecular weight is 179 g/mol. The number of carbonyl (C=O) groups is 1. The molecule has 2 saturated heterocycles. The maximum absolute atomic E-state index is 11.5. The summed E-state index contributed by atoms with van der Waals surface area (Å²) < 4.78 is 0. The molecule has 0 aromatic rings. The molecule has 3 rings (SSSR count). The van der Waals surface area contributed by atoms with Gasteiger partial charge in [0.2, 0.25) is 0 Å². The molecule has 0 N–H and O–H groups in total. The molecule has 0 unspecified atom stereocenters. The second kappa shape index (κ2) is 2.57. The van der Waals surface area contributed by atoms with Gasteiger partial charge in [-0.25, -0.2) is 0 Å². The van der Waals surface area contributed by atoms with E-state index in [0.717, 1.165) is 24.7 Å². The fraction of sp³-hybridized carbons (Fsp3) is 0.909. The van der Waals surface area contributed by atoms with E-state index in [1.165, 1.54) is 19.3 Å². The molecule has 72 valence electrons. The van der Waals surface area contributed by atoms with Gasteiger partial charge in [0.15, 0.2) is 0 Å². The minimum atomic E-state index is 0.518. The van der Waals surface area contributed by atoms with Crippen molar-refractivity contribution < 1.29 is 4.79 Å². The maximum Gasteiger partial charge on any atom is 0.136 e. The first-order chi connectivity index (χ1) is 6.25. The minimum absolute atomic E-state index is 0.518. The quantitative estimate of drug-likeness (QED) is 0.561. The predicted molar refractivity (Wildman–Crippen MR) is 50.4 cm³/mol. The average Bonchev–Trinajstić information content (AvgIpc) is 2.52. The highest BCUT2D eigenvalue weighted by molar-refractivity contribution is 5.80. The van der Waals surface area contributed by atoms with E-state index in [1.54, 1.807) is 0 Å². The lowest BCUT2D eigenvalue weighted by Crippen LogP contribution is -2.55. The van der Waals surface area contributed by atoms with Crippen molar-refractivity contribution in [2.45, 2.75) is 44.2 Å². The Morgan fingerprint density at radius 2 is 1.69 bits per heavy atom. The van der Waals surface area contributed by atoms with Crippen LogP contribution in [0.5, 0.6) is 0 Å². The summed E-state index contributed by atoms with van der Waals surface area (Å²) >= 11 is 0. The van der Waals surface area contributed by atoms with E-state index in [9.17, 15) is 4.79 Å². The van der Waals surface area contributed by atoms with Crippen LogP contribution in [-0.2, 0) is 4.79 Å². The van der Waals surface area contributed by atoms with Gasteiger partial charge >= 0.3 is 0 Å². The molecule has 0 amide bonds. The normalized spacial score (nSPS) is 49.8. The van der Waals surface area contributed by atoms with Gasteiger partial charge in [-0.05, 0) is 38.1 Å². The molecule has 4 bridgehead atoms. The monoisotopic (exact) mass is 179 g/mol. The largest absolute Gasteiger partial charge is 0.300 e. The van der Waals surface area contributed by atoms with Gasteiger partial charge in [0.1, 0.15) is 5.78 Å². The second-order valence-corrected chi connectivity index (χ2v) is 5.08. The zero-order valence-corrected chi connectivity index (χ0v) is 8.20. The molecule has 2 aliphatic heterocycles. The highest BCUT2D eigenvalue weighted by Crippen LogP contribution is 2.47. The van der Waals surface area contributed by atoms with Crippen LogP contribution in [0, 0.1) is 11.8 Å². The van der Waals surface area contributed by atoms with Crippen molar-refractivity contribution in [2.75, 3.05) is 7.05 Å². The van der Waals surface area contributed by atoms with Crippen molar-refractivity contribution in [1.29, 1.82) is 0 Å². The zero-order valence-electron chi connectivity index (χ0n) is 8.20. The number of nitrogens with zero attached hydrogens (tertiary/aromatic N) is 1. The fourth-order valence-corrected chi connectivity index (χ4v) is 3.83. The van der Waals surface area contributed by atoms with Gasteiger partial charge in [0.05, 0.1) is 0 Å².